The molecule has 1 unspecified atom stereocenters. The van der Waals surface area contributed by atoms with Gasteiger partial charge in [-0.2, -0.15) is 13.2 Å². The molecule has 162 valence electrons. The highest BCUT2D eigenvalue weighted by molar-refractivity contribution is 5.84. The van der Waals surface area contributed by atoms with Crippen LogP contribution in [0.4, 0.5) is 13.2 Å². The zero-order chi connectivity index (χ0) is 21.4. The molecule has 3 rings (SSSR count). The lowest BCUT2D eigenvalue weighted by Gasteiger charge is -2.30. The van der Waals surface area contributed by atoms with E-state index in [1.807, 2.05) is 35.2 Å². The van der Waals surface area contributed by atoms with Gasteiger partial charge in [0.05, 0.1) is 19.1 Å². The predicted molar refractivity (Wildman–Crippen MR) is 106 cm³/mol. The molecule has 8 heteroatoms. The molecule has 2 aromatic rings. The summed E-state index contributed by atoms with van der Waals surface area (Å²) < 4.78 is 46.7. The summed E-state index contributed by atoms with van der Waals surface area (Å²) in [5.74, 6) is -0.0904. The van der Waals surface area contributed by atoms with Gasteiger partial charge >= 0.3 is 6.18 Å². The van der Waals surface area contributed by atoms with Gasteiger partial charge in [0.2, 0.25) is 5.91 Å². The highest BCUT2D eigenvalue weighted by Crippen LogP contribution is 2.20. The fraction of sp³-hybridized carbons (Fsp3) is 0.409. The first-order chi connectivity index (χ1) is 14.4. The van der Waals surface area contributed by atoms with Crippen LogP contribution >= 0.6 is 0 Å². The normalized spacial score (nSPS) is 15.6. The third-order valence-electron chi connectivity index (χ3n) is 4.83. The molecular weight excluding hydrogens is 397 g/mol. The van der Waals surface area contributed by atoms with Gasteiger partial charge in [0.25, 0.3) is 0 Å². The van der Waals surface area contributed by atoms with Gasteiger partial charge < -0.3 is 19.7 Å². The van der Waals surface area contributed by atoms with E-state index in [-0.39, 0.29) is 17.6 Å². The van der Waals surface area contributed by atoms with Crippen molar-refractivity contribution in [3.05, 3.63) is 65.7 Å². The highest BCUT2D eigenvalue weighted by Gasteiger charge is 2.28. The summed E-state index contributed by atoms with van der Waals surface area (Å²) in [6.07, 6.45) is -4.36. The number of carbonyl (C=O) groups is 1. The van der Waals surface area contributed by atoms with E-state index >= 15 is 0 Å². The molecule has 1 fully saturated rings. The van der Waals surface area contributed by atoms with Crippen LogP contribution in [0.25, 0.3) is 0 Å². The van der Waals surface area contributed by atoms with Crippen molar-refractivity contribution in [1.82, 2.24) is 10.2 Å². The summed E-state index contributed by atoms with van der Waals surface area (Å²) >= 11 is 0. The number of benzene rings is 2. The Labute approximate surface area is 173 Å². The Kier molecular flexibility index (Phi) is 7.70. The molecule has 0 bridgehead atoms. The van der Waals surface area contributed by atoms with Gasteiger partial charge in [-0.15, -0.1) is 0 Å². The Morgan fingerprint density at radius 3 is 2.37 bits per heavy atom. The standard InChI is InChI=1S/C22H25F3N2O3/c23-22(24,25)16-30-19-8-6-17(7-9-19)14-26-15-20(18-4-2-1-3-5-18)21(28)27-10-12-29-13-11-27/h1-9,20,26H,10-16H2. The van der Waals surface area contributed by atoms with Gasteiger partial charge in [0.15, 0.2) is 6.61 Å². The monoisotopic (exact) mass is 422 g/mol. The van der Waals surface area contributed by atoms with Crippen molar-refractivity contribution >= 4 is 5.91 Å². The van der Waals surface area contributed by atoms with Crippen LogP contribution in [0.2, 0.25) is 0 Å². The van der Waals surface area contributed by atoms with E-state index in [1.165, 1.54) is 12.1 Å². The predicted octanol–water partition coefficient (Wildman–Crippen LogP) is 3.36. The number of halogens is 3. The van der Waals surface area contributed by atoms with E-state index < -0.39 is 12.8 Å². The number of rotatable bonds is 8. The molecule has 2 aromatic carbocycles. The minimum atomic E-state index is -4.36. The first kappa shape index (κ1) is 22.1. The van der Waals surface area contributed by atoms with Crippen molar-refractivity contribution in [3.63, 3.8) is 0 Å². The molecule has 0 spiro atoms. The quantitative estimate of drug-likeness (QED) is 0.709. The van der Waals surface area contributed by atoms with Crippen molar-refractivity contribution in [2.45, 2.75) is 18.6 Å². The minimum Gasteiger partial charge on any atom is -0.484 e. The molecule has 1 saturated heterocycles. The smallest absolute Gasteiger partial charge is 0.422 e. The lowest BCUT2D eigenvalue weighted by Crippen LogP contribution is -2.45. The molecule has 0 radical (unpaired) electrons. The Morgan fingerprint density at radius 1 is 1.07 bits per heavy atom. The first-order valence-corrected chi connectivity index (χ1v) is 9.83. The molecule has 0 aromatic heterocycles. The number of hydrogen-bond acceptors (Lipinski definition) is 4. The number of amides is 1. The van der Waals surface area contributed by atoms with Crippen LogP contribution in [0.15, 0.2) is 54.6 Å². The second-order valence-corrected chi connectivity index (χ2v) is 7.08. The maximum atomic E-state index is 13.1. The van der Waals surface area contributed by atoms with Crippen LogP contribution in [-0.4, -0.2) is 56.4 Å². The molecule has 1 N–H and O–H groups in total. The van der Waals surface area contributed by atoms with E-state index in [9.17, 15) is 18.0 Å². The van der Waals surface area contributed by atoms with Crippen LogP contribution < -0.4 is 10.1 Å². The molecule has 1 aliphatic rings. The van der Waals surface area contributed by atoms with Crippen molar-refractivity contribution < 1.29 is 27.4 Å². The molecule has 1 amide bonds. The van der Waals surface area contributed by atoms with Gasteiger partial charge in [0.1, 0.15) is 5.75 Å². The zero-order valence-electron chi connectivity index (χ0n) is 16.5. The minimum absolute atomic E-state index is 0.0629. The van der Waals surface area contributed by atoms with Crippen LogP contribution in [0, 0.1) is 0 Å². The summed E-state index contributed by atoms with van der Waals surface area (Å²) in [5, 5.41) is 3.30. The average molecular weight is 422 g/mol. The van der Waals surface area contributed by atoms with Crippen molar-refractivity contribution in [2.24, 2.45) is 0 Å². The summed E-state index contributed by atoms with van der Waals surface area (Å²) in [6.45, 7) is 1.88. The number of alkyl halides is 3. The molecular formula is C22H25F3N2O3. The molecule has 1 atom stereocenters. The number of carbonyl (C=O) groups excluding carboxylic acids is 1. The number of morpholine rings is 1. The molecule has 30 heavy (non-hydrogen) atoms. The average Bonchev–Trinajstić information content (AvgIpc) is 2.76. The Bertz CT molecular complexity index is 792. The number of nitrogens with zero attached hydrogens (tertiary/aromatic N) is 1. The topological polar surface area (TPSA) is 50.8 Å². The van der Waals surface area contributed by atoms with Crippen molar-refractivity contribution in [3.8, 4) is 5.75 Å². The van der Waals surface area contributed by atoms with Crippen molar-refractivity contribution in [1.29, 1.82) is 0 Å². The lowest BCUT2D eigenvalue weighted by atomic mass is 9.97. The van der Waals surface area contributed by atoms with Crippen LogP contribution in [0.5, 0.6) is 5.75 Å². The molecule has 0 saturated carbocycles. The van der Waals surface area contributed by atoms with Crippen molar-refractivity contribution in [2.75, 3.05) is 39.5 Å². The van der Waals surface area contributed by atoms with E-state index in [2.05, 4.69) is 5.32 Å². The third kappa shape index (κ3) is 6.74. The summed E-state index contributed by atoms with van der Waals surface area (Å²) in [7, 11) is 0. The molecule has 5 nitrogen and oxygen atoms in total. The molecule has 0 aliphatic carbocycles. The number of nitrogens with one attached hydrogen (secondary N) is 1. The zero-order valence-corrected chi connectivity index (χ0v) is 16.5. The summed E-state index contributed by atoms with van der Waals surface area (Å²) in [6, 6.07) is 16.1. The maximum Gasteiger partial charge on any atom is 0.422 e. The van der Waals surface area contributed by atoms with Gasteiger partial charge in [0, 0.05) is 26.2 Å². The van der Waals surface area contributed by atoms with E-state index in [1.54, 1.807) is 12.1 Å². The second kappa shape index (κ2) is 10.4. The van der Waals surface area contributed by atoms with Gasteiger partial charge in [-0.05, 0) is 23.3 Å². The van der Waals surface area contributed by atoms with E-state index in [0.29, 0.717) is 39.4 Å². The number of ether oxygens (including phenoxy) is 2. The third-order valence-corrected chi connectivity index (χ3v) is 4.83. The molecule has 1 heterocycles. The Morgan fingerprint density at radius 2 is 1.73 bits per heavy atom. The first-order valence-electron chi connectivity index (χ1n) is 9.83. The fourth-order valence-corrected chi connectivity index (χ4v) is 3.27. The van der Waals surface area contributed by atoms with Gasteiger partial charge in [-0.3, -0.25) is 4.79 Å². The lowest BCUT2D eigenvalue weighted by molar-refractivity contribution is -0.153. The second-order valence-electron chi connectivity index (χ2n) is 7.08. The van der Waals surface area contributed by atoms with Crippen LogP contribution in [0.1, 0.15) is 17.0 Å². The maximum absolute atomic E-state index is 13.1. The Hall–Kier alpha value is -2.58. The SMILES string of the molecule is O=C(C(CNCc1ccc(OCC(F)(F)F)cc1)c1ccccc1)N1CCOCC1. The van der Waals surface area contributed by atoms with Gasteiger partial charge in [-0.25, -0.2) is 0 Å². The fourth-order valence-electron chi connectivity index (χ4n) is 3.27. The molecule has 1 aliphatic heterocycles. The van der Waals surface area contributed by atoms with Gasteiger partial charge in [-0.1, -0.05) is 42.5 Å². The highest BCUT2D eigenvalue weighted by atomic mass is 19.4. The largest absolute Gasteiger partial charge is 0.484 e. The van der Waals surface area contributed by atoms with E-state index in [0.717, 1.165) is 11.1 Å². The van der Waals surface area contributed by atoms with Crippen LogP contribution in [0.3, 0.4) is 0 Å². The van der Waals surface area contributed by atoms with Crippen LogP contribution in [-0.2, 0) is 16.1 Å². The Balaban J connectivity index is 1.57. The van der Waals surface area contributed by atoms with E-state index in [4.69, 9.17) is 9.47 Å². The number of hydrogen-bond donors (Lipinski definition) is 1. The summed E-state index contributed by atoms with van der Waals surface area (Å²) in [5.41, 5.74) is 1.83. The summed E-state index contributed by atoms with van der Waals surface area (Å²) in [4.78, 5) is 14.9.